The summed E-state index contributed by atoms with van der Waals surface area (Å²) in [6.07, 6.45) is 6.51. The zero-order chi connectivity index (χ0) is 24.1. The normalized spacial score (nSPS) is 24.3. The van der Waals surface area contributed by atoms with E-state index >= 15 is 0 Å². The lowest BCUT2D eigenvalue weighted by Crippen LogP contribution is -2.55. The molecule has 1 aromatic rings. The molecular formula is C25H35N5O4. The van der Waals surface area contributed by atoms with Gasteiger partial charge < -0.3 is 10.2 Å². The van der Waals surface area contributed by atoms with Crippen LogP contribution in [-0.4, -0.2) is 76.8 Å². The standard InChI is InChI=1S/C25H35N5O4/c1-25(13-12-19-8-4-2-5-9-19)23(33)30(24(34)26-25)27-21(31)18-28-14-16-29(17-15-28)22(32)20-10-6-3-7-11-20/h2,4-5,8-9,20H,3,6-7,10-18H2,1H3,(H,26,34)(H,27,31). The smallest absolute Gasteiger partial charge is 0.340 e. The highest BCUT2D eigenvalue weighted by molar-refractivity contribution is 6.07. The number of hydrazine groups is 1. The Morgan fingerprint density at radius 3 is 2.38 bits per heavy atom. The van der Waals surface area contributed by atoms with Gasteiger partial charge in [-0.05, 0) is 38.2 Å². The molecule has 1 unspecified atom stereocenters. The zero-order valence-electron chi connectivity index (χ0n) is 19.9. The fraction of sp³-hybridized carbons (Fsp3) is 0.600. The number of rotatable bonds is 7. The molecule has 9 nitrogen and oxygen atoms in total. The Hall–Kier alpha value is -2.94. The average molecular weight is 470 g/mol. The van der Waals surface area contributed by atoms with Crippen LogP contribution >= 0.6 is 0 Å². The molecule has 2 aliphatic heterocycles. The van der Waals surface area contributed by atoms with E-state index in [4.69, 9.17) is 0 Å². The first-order chi connectivity index (χ1) is 16.4. The van der Waals surface area contributed by atoms with E-state index in [0.29, 0.717) is 39.0 Å². The quantitative estimate of drug-likeness (QED) is 0.592. The van der Waals surface area contributed by atoms with Crippen molar-refractivity contribution in [2.45, 2.75) is 57.4 Å². The number of aryl methyl sites for hydroxylation is 1. The Kier molecular flexibility index (Phi) is 7.50. The van der Waals surface area contributed by atoms with Gasteiger partial charge in [0.2, 0.25) is 5.91 Å². The lowest BCUT2D eigenvalue weighted by molar-refractivity contribution is -0.141. The summed E-state index contributed by atoms with van der Waals surface area (Å²) in [6.45, 7) is 4.16. The van der Waals surface area contributed by atoms with Gasteiger partial charge in [0.25, 0.3) is 11.8 Å². The number of imide groups is 1. The monoisotopic (exact) mass is 469 g/mol. The number of piperazine rings is 1. The minimum Gasteiger partial charge on any atom is -0.340 e. The van der Waals surface area contributed by atoms with E-state index < -0.39 is 23.4 Å². The SMILES string of the molecule is CC1(CCc2ccccc2)NC(=O)N(NC(=O)CN2CCN(C(=O)C3CCCCC3)CC2)C1=O. The Morgan fingerprint density at radius 1 is 1.03 bits per heavy atom. The van der Waals surface area contributed by atoms with E-state index in [1.165, 1.54) is 6.42 Å². The molecule has 2 saturated heterocycles. The topological polar surface area (TPSA) is 102 Å². The van der Waals surface area contributed by atoms with Crippen LogP contribution in [0, 0.1) is 5.92 Å². The summed E-state index contributed by atoms with van der Waals surface area (Å²) >= 11 is 0. The van der Waals surface area contributed by atoms with Crippen molar-refractivity contribution in [2.75, 3.05) is 32.7 Å². The van der Waals surface area contributed by atoms with E-state index in [0.717, 1.165) is 36.3 Å². The fourth-order valence-electron chi connectivity index (χ4n) is 5.09. The molecule has 0 aromatic heterocycles. The summed E-state index contributed by atoms with van der Waals surface area (Å²) < 4.78 is 0. The van der Waals surface area contributed by atoms with Gasteiger partial charge in [-0.3, -0.25) is 24.7 Å². The maximum absolute atomic E-state index is 12.9. The van der Waals surface area contributed by atoms with E-state index in [1.54, 1.807) is 6.92 Å². The third-order valence-corrected chi connectivity index (χ3v) is 7.26. The van der Waals surface area contributed by atoms with Crippen molar-refractivity contribution in [3.63, 3.8) is 0 Å². The zero-order valence-corrected chi connectivity index (χ0v) is 19.9. The van der Waals surface area contributed by atoms with E-state index in [2.05, 4.69) is 10.7 Å². The number of carbonyl (C=O) groups is 4. The van der Waals surface area contributed by atoms with Crippen molar-refractivity contribution in [3.05, 3.63) is 35.9 Å². The highest BCUT2D eigenvalue weighted by Gasteiger charge is 2.48. The number of nitrogens with one attached hydrogen (secondary N) is 2. The molecule has 0 radical (unpaired) electrons. The van der Waals surface area contributed by atoms with Gasteiger partial charge in [0.15, 0.2) is 0 Å². The van der Waals surface area contributed by atoms with Crippen LogP contribution in [-0.2, 0) is 20.8 Å². The predicted octanol–water partition coefficient (Wildman–Crippen LogP) is 1.69. The highest BCUT2D eigenvalue weighted by atomic mass is 16.2. The van der Waals surface area contributed by atoms with Crippen LogP contribution in [0.5, 0.6) is 0 Å². The van der Waals surface area contributed by atoms with Gasteiger partial charge in [-0.2, -0.15) is 5.01 Å². The molecule has 2 N–H and O–H groups in total. The summed E-state index contributed by atoms with van der Waals surface area (Å²) in [6, 6.07) is 9.14. The van der Waals surface area contributed by atoms with Gasteiger partial charge in [0.1, 0.15) is 5.54 Å². The minimum absolute atomic E-state index is 0.0727. The number of nitrogens with zero attached hydrogens (tertiary/aromatic N) is 3. The Labute approximate surface area is 200 Å². The van der Waals surface area contributed by atoms with Crippen molar-refractivity contribution in [1.29, 1.82) is 0 Å². The van der Waals surface area contributed by atoms with Crippen molar-refractivity contribution in [2.24, 2.45) is 5.92 Å². The second kappa shape index (κ2) is 10.5. The van der Waals surface area contributed by atoms with Gasteiger partial charge in [-0.15, -0.1) is 0 Å². The summed E-state index contributed by atoms with van der Waals surface area (Å²) in [7, 11) is 0. The third-order valence-electron chi connectivity index (χ3n) is 7.26. The maximum atomic E-state index is 12.9. The molecule has 1 atom stereocenters. The van der Waals surface area contributed by atoms with E-state index in [1.807, 2.05) is 40.1 Å². The molecule has 2 heterocycles. The lowest BCUT2D eigenvalue weighted by atomic mass is 9.88. The average Bonchev–Trinajstić information content (AvgIpc) is 3.07. The first-order valence-corrected chi connectivity index (χ1v) is 12.4. The predicted molar refractivity (Wildman–Crippen MR) is 126 cm³/mol. The molecule has 3 fully saturated rings. The van der Waals surface area contributed by atoms with Crippen molar-refractivity contribution < 1.29 is 19.2 Å². The van der Waals surface area contributed by atoms with Gasteiger partial charge in [-0.25, -0.2) is 4.79 Å². The van der Waals surface area contributed by atoms with Crippen molar-refractivity contribution in [1.82, 2.24) is 25.6 Å². The Balaban J connectivity index is 1.23. The minimum atomic E-state index is -1.06. The second-order valence-electron chi connectivity index (χ2n) is 9.86. The molecule has 3 aliphatic rings. The molecule has 5 amide bonds. The number of hydrogen-bond donors (Lipinski definition) is 2. The first kappa shape index (κ1) is 24.2. The van der Waals surface area contributed by atoms with Crippen molar-refractivity contribution >= 4 is 23.8 Å². The Bertz CT molecular complexity index is 909. The summed E-state index contributed by atoms with van der Waals surface area (Å²) in [5.74, 6) is -0.468. The Morgan fingerprint density at radius 2 is 1.71 bits per heavy atom. The molecule has 9 heteroatoms. The van der Waals surface area contributed by atoms with E-state index in [9.17, 15) is 19.2 Å². The van der Waals surface area contributed by atoms with E-state index in [-0.39, 0.29) is 18.4 Å². The molecule has 184 valence electrons. The number of hydrogen-bond acceptors (Lipinski definition) is 5. The summed E-state index contributed by atoms with van der Waals surface area (Å²) in [5.41, 5.74) is 2.49. The number of urea groups is 1. The summed E-state index contributed by atoms with van der Waals surface area (Å²) in [5, 5.41) is 3.53. The molecule has 0 spiro atoms. The van der Waals surface area contributed by atoms with Crippen LogP contribution in [0.15, 0.2) is 30.3 Å². The van der Waals surface area contributed by atoms with Crippen LogP contribution in [0.4, 0.5) is 4.79 Å². The number of amides is 5. The molecule has 34 heavy (non-hydrogen) atoms. The van der Waals surface area contributed by atoms with Gasteiger partial charge in [0.05, 0.1) is 6.54 Å². The fourth-order valence-corrected chi connectivity index (χ4v) is 5.09. The molecule has 4 rings (SSSR count). The summed E-state index contributed by atoms with van der Waals surface area (Å²) in [4.78, 5) is 54.6. The molecule has 1 aliphatic carbocycles. The maximum Gasteiger partial charge on any atom is 0.344 e. The number of carbonyl (C=O) groups excluding carboxylic acids is 4. The molecule has 0 bridgehead atoms. The lowest BCUT2D eigenvalue weighted by Gasteiger charge is -2.37. The van der Waals surface area contributed by atoms with Crippen LogP contribution in [0.2, 0.25) is 0 Å². The van der Waals surface area contributed by atoms with Crippen LogP contribution in [0.3, 0.4) is 0 Å². The number of benzene rings is 1. The van der Waals surface area contributed by atoms with Gasteiger partial charge >= 0.3 is 6.03 Å². The first-order valence-electron chi connectivity index (χ1n) is 12.4. The van der Waals surface area contributed by atoms with Gasteiger partial charge in [-0.1, -0.05) is 49.6 Å². The third kappa shape index (κ3) is 5.58. The molecule has 1 aromatic carbocycles. The second-order valence-corrected chi connectivity index (χ2v) is 9.86. The highest BCUT2D eigenvalue weighted by Crippen LogP contribution is 2.26. The van der Waals surface area contributed by atoms with Crippen LogP contribution < -0.4 is 10.7 Å². The van der Waals surface area contributed by atoms with Crippen LogP contribution in [0.1, 0.15) is 51.0 Å². The largest absolute Gasteiger partial charge is 0.344 e. The van der Waals surface area contributed by atoms with Crippen molar-refractivity contribution in [3.8, 4) is 0 Å². The van der Waals surface area contributed by atoms with Crippen LogP contribution in [0.25, 0.3) is 0 Å². The molecule has 1 saturated carbocycles. The molecular weight excluding hydrogens is 434 g/mol. The van der Waals surface area contributed by atoms with Gasteiger partial charge in [0, 0.05) is 32.1 Å².